The van der Waals surface area contributed by atoms with Crippen LogP contribution >= 0.6 is 35.3 Å². The second-order valence-corrected chi connectivity index (χ2v) is 6.44. The number of nitrogens with zero attached hydrogens (tertiary/aromatic N) is 1. The Morgan fingerprint density at radius 1 is 1.36 bits per heavy atom. The van der Waals surface area contributed by atoms with Gasteiger partial charge in [0, 0.05) is 23.0 Å². The van der Waals surface area contributed by atoms with E-state index in [2.05, 4.69) is 16.3 Å². The first kappa shape index (κ1) is 17.3. The lowest BCUT2D eigenvalue weighted by Gasteiger charge is -2.33. The summed E-state index contributed by atoms with van der Waals surface area (Å²) in [6.07, 6.45) is 0.955. The summed E-state index contributed by atoms with van der Waals surface area (Å²) < 4.78 is 5.01. The number of ether oxygens (including phenoxy) is 1. The number of hydrogen-bond acceptors (Lipinski definition) is 4. The van der Waals surface area contributed by atoms with Crippen molar-refractivity contribution in [1.29, 1.82) is 0 Å². The van der Waals surface area contributed by atoms with Crippen LogP contribution in [0.5, 0.6) is 0 Å². The molecule has 0 amide bonds. The van der Waals surface area contributed by atoms with Gasteiger partial charge in [0.1, 0.15) is 6.04 Å². The molecule has 3 nitrogen and oxygen atoms in total. The van der Waals surface area contributed by atoms with E-state index in [1.807, 2.05) is 24.3 Å². The van der Waals surface area contributed by atoms with Crippen molar-refractivity contribution in [3.05, 3.63) is 56.7 Å². The Morgan fingerprint density at radius 3 is 2.86 bits per heavy atom. The maximum absolute atomic E-state index is 12.3. The molecule has 1 unspecified atom stereocenters. The molecule has 3 rings (SSSR count). The molecule has 2 heterocycles. The van der Waals surface area contributed by atoms with Gasteiger partial charge >= 0.3 is 5.97 Å². The van der Waals surface area contributed by atoms with E-state index in [1.165, 1.54) is 17.6 Å². The Bertz CT molecular complexity index is 659. The molecule has 0 spiro atoms. The molecule has 0 N–H and O–H groups in total. The highest BCUT2D eigenvalue weighted by atomic mass is 35.5. The molecule has 118 valence electrons. The first-order valence-electron chi connectivity index (χ1n) is 6.82. The SMILES string of the molecule is COC(=O)C(c1ccccc1Cl)N1CCc2ccsc2C1.Cl. The lowest BCUT2D eigenvalue weighted by Crippen LogP contribution is -2.38. The molecular weight excluding hydrogens is 341 g/mol. The number of benzene rings is 1. The molecule has 0 saturated carbocycles. The summed E-state index contributed by atoms with van der Waals surface area (Å²) in [5.41, 5.74) is 2.20. The largest absolute Gasteiger partial charge is 0.468 e. The van der Waals surface area contributed by atoms with Crippen molar-refractivity contribution in [2.45, 2.75) is 19.0 Å². The topological polar surface area (TPSA) is 29.5 Å². The lowest BCUT2D eigenvalue weighted by molar-refractivity contribution is -0.147. The Labute approximate surface area is 145 Å². The molecule has 1 aromatic carbocycles. The lowest BCUT2D eigenvalue weighted by atomic mass is 10.0. The Kier molecular flexibility index (Phi) is 5.87. The normalized spacial score (nSPS) is 15.5. The van der Waals surface area contributed by atoms with Crippen molar-refractivity contribution in [3.63, 3.8) is 0 Å². The van der Waals surface area contributed by atoms with Crippen molar-refractivity contribution >= 4 is 41.3 Å². The average molecular weight is 358 g/mol. The second-order valence-electron chi connectivity index (χ2n) is 5.04. The van der Waals surface area contributed by atoms with E-state index in [0.29, 0.717) is 5.02 Å². The van der Waals surface area contributed by atoms with Crippen LogP contribution in [0.2, 0.25) is 5.02 Å². The Hall–Kier alpha value is -1.07. The van der Waals surface area contributed by atoms with E-state index in [4.69, 9.17) is 16.3 Å². The highest BCUT2D eigenvalue weighted by Gasteiger charge is 2.32. The predicted molar refractivity (Wildman–Crippen MR) is 91.9 cm³/mol. The molecule has 2 aromatic rings. The minimum atomic E-state index is -0.445. The third-order valence-electron chi connectivity index (χ3n) is 3.84. The molecular formula is C16H17Cl2NO2S. The first-order valence-corrected chi connectivity index (χ1v) is 8.08. The monoisotopic (exact) mass is 357 g/mol. The zero-order chi connectivity index (χ0) is 14.8. The molecule has 1 aromatic heterocycles. The fourth-order valence-electron chi connectivity index (χ4n) is 2.76. The Morgan fingerprint density at radius 2 is 2.14 bits per heavy atom. The predicted octanol–water partition coefficient (Wildman–Crippen LogP) is 4.10. The number of thiophene rings is 1. The van der Waals surface area contributed by atoms with Crippen molar-refractivity contribution in [2.24, 2.45) is 0 Å². The van der Waals surface area contributed by atoms with Gasteiger partial charge in [0.05, 0.1) is 7.11 Å². The van der Waals surface area contributed by atoms with Crippen LogP contribution in [0.3, 0.4) is 0 Å². The summed E-state index contributed by atoms with van der Waals surface area (Å²) in [5.74, 6) is -0.261. The molecule has 1 atom stereocenters. The van der Waals surface area contributed by atoms with Gasteiger partial charge < -0.3 is 4.74 Å². The van der Waals surface area contributed by atoms with Crippen LogP contribution in [0.15, 0.2) is 35.7 Å². The van der Waals surface area contributed by atoms with Crippen molar-refractivity contribution in [3.8, 4) is 0 Å². The van der Waals surface area contributed by atoms with Gasteiger partial charge in [0.25, 0.3) is 0 Å². The van der Waals surface area contributed by atoms with Crippen LogP contribution in [0.1, 0.15) is 22.0 Å². The van der Waals surface area contributed by atoms with Gasteiger partial charge in [-0.3, -0.25) is 4.90 Å². The quantitative estimate of drug-likeness (QED) is 0.774. The minimum Gasteiger partial charge on any atom is -0.468 e. The van der Waals surface area contributed by atoms with Gasteiger partial charge in [0.2, 0.25) is 0 Å². The van der Waals surface area contributed by atoms with E-state index in [0.717, 1.165) is 25.1 Å². The van der Waals surface area contributed by atoms with E-state index in [1.54, 1.807) is 11.3 Å². The van der Waals surface area contributed by atoms with Crippen LogP contribution < -0.4 is 0 Å². The third kappa shape index (κ3) is 3.30. The number of fused-ring (bicyclic) bond motifs is 1. The summed E-state index contributed by atoms with van der Waals surface area (Å²) >= 11 is 8.02. The minimum absolute atomic E-state index is 0. The summed E-state index contributed by atoms with van der Waals surface area (Å²) in [6, 6.07) is 9.20. The van der Waals surface area contributed by atoms with Gasteiger partial charge in [0.15, 0.2) is 0 Å². The highest BCUT2D eigenvalue weighted by Crippen LogP contribution is 2.34. The van der Waals surface area contributed by atoms with E-state index in [9.17, 15) is 4.79 Å². The summed E-state index contributed by atoms with van der Waals surface area (Å²) in [6.45, 7) is 1.59. The molecule has 0 aliphatic carbocycles. The van der Waals surface area contributed by atoms with Crippen molar-refractivity contribution < 1.29 is 9.53 Å². The van der Waals surface area contributed by atoms with Gasteiger partial charge in [-0.25, -0.2) is 4.79 Å². The van der Waals surface area contributed by atoms with Crippen LogP contribution in [0.25, 0.3) is 0 Å². The number of carbonyl (C=O) groups is 1. The van der Waals surface area contributed by atoms with Crippen LogP contribution in [-0.2, 0) is 22.5 Å². The molecule has 0 bridgehead atoms. The maximum atomic E-state index is 12.3. The highest BCUT2D eigenvalue weighted by molar-refractivity contribution is 7.10. The van der Waals surface area contributed by atoms with E-state index >= 15 is 0 Å². The van der Waals surface area contributed by atoms with E-state index in [-0.39, 0.29) is 18.4 Å². The van der Waals surface area contributed by atoms with Gasteiger partial charge in [-0.15, -0.1) is 23.7 Å². The molecule has 1 aliphatic heterocycles. The summed E-state index contributed by atoms with van der Waals surface area (Å²) in [5, 5.41) is 2.71. The van der Waals surface area contributed by atoms with Crippen molar-refractivity contribution in [2.75, 3.05) is 13.7 Å². The average Bonchev–Trinajstić information content (AvgIpc) is 2.97. The van der Waals surface area contributed by atoms with Crippen molar-refractivity contribution in [1.82, 2.24) is 4.90 Å². The second kappa shape index (κ2) is 7.47. The summed E-state index contributed by atoms with van der Waals surface area (Å²) in [7, 11) is 1.42. The van der Waals surface area contributed by atoms with Crippen LogP contribution in [0, 0.1) is 0 Å². The van der Waals surface area contributed by atoms with E-state index < -0.39 is 6.04 Å². The molecule has 0 saturated heterocycles. The number of halogens is 2. The first-order chi connectivity index (χ1) is 10.2. The molecule has 1 aliphatic rings. The number of hydrogen-bond donors (Lipinski definition) is 0. The van der Waals surface area contributed by atoms with Crippen LogP contribution in [0.4, 0.5) is 0 Å². The fraction of sp³-hybridized carbons (Fsp3) is 0.312. The molecule has 22 heavy (non-hydrogen) atoms. The molecule has 6 heteroatoms. The third-order valence-corrected chi connectivity index (χ3v) is 5.13. The smallest absolute Gasteiger partial charge is 0.327 e. The standard InChI is InChI=1S/C16H16ClNO2S.ClH/c1-20-16(19)15(12-4-2-3-5-13(12)17)18-8-6-11-7-9-21-14(11)10-18;/h2-5,7,9,15H,6,8,10H2,1H3;1H. The summed E-state index contributed by atoms with van der Waals surface area (Å²) in [4.78, 5) is 15.8. The van der Waals surface area contributed by atoms with Gasteiger partial charge in [-0.05, 0) is 35.1 Å². The number of methoxy groups -OCH3 is 1. The number of esters is 1. The Balaban J connectivity index is 0.00000176. The molecule has 0 radical (unpaired) electrons. The van der Waals surface area contributed by atoms with Gasteiger partial charge in [-0.1, -0.05) is 29.8 Å². The number of carbonyl (C=O) groups excluding carboxylic acids is 1. The van der Waals surface area contributed by atoms with Gasteiger partial charge in [-0.2, -0.15) is 0 Å². The number of rotatable bonds is 3. The molecule has 0 fully saturated rings. The zero-order valence-electron chi connectivity index (χ0n) is 12.1. The van der Waals surface area contributed by atoms with Crippen LogP contribution in [-0.4, -0.2) is 24.5 Å². The zero-order valence-corrected chi connectivity index (χ0v) is 14.5. The fourth-order valence-corrected chi connectivity index (χ4v) is 3.96. The maximum Gasteiger partial charge on any atom is 0.327 e.